The maximum Gasteiger partial charge on any atom is 0.416 e. The van der Waals surface area contributed by atoms with Crippen LogP contribution in [0.15, 0.2) is 36.4 Å². The lowest BCUT2D eigenvalue weighted by Crippen LogP contribution is -2.08. The molecule has 1 N–H and O–H groups in total. The first-order valence-electron chi connectivity index (χ1n) is 7.84. The summed E-state index contributed by atoms with van der Waals surface area (Å²) < 4.78 is 44.1. The van der Waals surface area contributed by atoms with Gasteiger partial charge in [0.1, 0.15) is 17.3 Å². The molecule has 2 rings (SSSR count). The summed E-state index contributed by atoms with van der Waals surface area (Å²) in [6.45, 7) is 3.18. The van der Waals surface area contributed by atoms with Crippen molar-refractivity contribution < 1.29 is 32.6 Å². The molecule has 2 aromatic rings. The zero-order valence-electron chi connectivity index (χ0n) is 14.2. The van der Waals surface area contributed by atoms with Crippen LogP contribution in [0.4, 0.5) is 13.2 Å². The number of aryl methyl sites for hydroxylation is 1. The molecule has 0 saturated carbocycles. The fraction of sp³-hybridized carbons (Fsp3) is 0.263. The fourth-order valence-corrected chi connectivity index (χ4v) is 2.42. The number of Topliss-reactive ketones (excluding diaryl/α,β-unsaturated/α-hetero) is 1. The molecule has 26 heavy (non-hydrogen) atoms. The number of ketones is 1. The van der Waals surface area contributed by atoms with Crippen LogP contribution in [0, 0.1) is 6.92 Å². The van der Waals surface area contributed by atoms with Crippen molar-refractivity contribution in [3.8, 4) is 11.5 Å². The molecule has 0 aliphatic carbocycles. The SMILES string of the molecule is CCC(=O)Cc1ccc(Oc2cc(C)cc(C(F)(F)F)c2)cc1C(=O)O. The van der Waals surface area contributed by atoms with Gasteiger partial charge in [-0.2, -0.15) is 13.2 Å². The van der Waals surface area contributed by atoms with Crippen molar-refractivity contribution in [1.82, 2.24) is 0 Å². The molecular formula is C19H17F3O4. The molecule has 0 aliphatic rings. The largest absolute Gasteiger partial charge is 0.478 e. The number of ether oxygens (including phenoxy) is 1. The Morgan fingerprint density at radius 1 is 1.08 bits per heavy atom. The lowest BCUT2D eigenvalue weighted by Gasteiger charge is -2.13. The van der Waals surface area contributed by atoms with Crippen LogP contribution in [0.3, 0.4) is 0 Å². The second kappa shape index (κ2) is 7.59. The summed E-state index contributed by atoms with van der Waals surface area (Å²) in [4.78, 5) is 23.0. The van der Waals surface area contributed by atoms with Gasteiger partial charge in [0, 0.05) is 12.8 Å². The number of carboxylic acid groups (broad SMARTS) is 1. The van der Waals surface area contributed by atoms with Crippen LogP contribution in [0.1, 0.15) is 40.4 Å². The molecule has 0 radical (unpaired) electrons. The first-order chi connectivity index (χ1) is 12.1. The zero-order chi connectivity index (χ0) is 19.5. The lowest BCUT2D eigenvalue weighted by molar-refractivity contribution is -0.137. The Kier molecular flexibility index (Phi) is 5.69. The summed E-state index contributed by atoms with van der Waals surface area (Å²) in [5.74, 6) is -1.33. The number of alkyl halides is 3. The van der Waals surface area contributed by atoms with Crippen molar-refractivity contribution in [2.24, 2.45) is 0 Å². The van der Waals surface area contributed by atoms with Crippen LogP contribution in [0.25, 0.3) is 0 Å². The van der Waals surface area contributed by atoms with Crippen molar-refractivity contribution in [2.45, 2.75) is 32.9 Å². The van der Waals surface area contributed by atoms with E-state index in [1.807, 2.05) is 0 Å². The number of halogens is 3. The Balaban J connectivity index is 2.36. The molecular weight excluding hydrogens is 349 g/mol. The topological polar surface area (TPSA) is 63.6 Å². The summed E-state index contributed by atoms with van der Waals surface area (Å²) in [5, 5.41) is 9.32. The average Bonchev–Trinajstić information content (AvgIpc) is 2.54. The molecule has 4 nitrogen and oxygen atoms in total. The van der Waals surface area contributed by atoms with Gasteiger partial charge >= 0.3 is 12.1 Å². The van der Waals surface area contributed by atoms with Crippen LogP contribution in [-0.2, 0) is 17.4 Å². The summed E-state index contributed by atoms with van der Waals surface area (Å²) in [5.41, 5.74) is -0.278. The van der Waals surface area contributed by atoms with Gasteiger partial charge in [-0.15, -0.1) is 0 Å². The first-order valence-corrected chi connectivity index (χ1v) is 7.84. The smallest absolute Gasteiger partial charge is 0.416 e. The fourth-order valence-electron chi connectivity index (χ4n) is 2.42. The quantitative estimate of drug-likeness (QED) is 0.779. The minimum Gasteiger partial charge on any atom is -0.478 e. The second-order valence-corrected chi connectivity index (χ2v) is 5.83. The van der Waals surface area contributed by atoms with Gasteiger partial charge in [0.15, 0.2) is 0 Å². The van der Waals surface area contributed by atoms with Crippen molar-refractivity contribution in [2.75, 3.05) is 0 Å². The molecule has 0 aliphatic heterocycles. The van der Waals surface area contributed by atoms with E-state index in [-0.39, 0.29) is 35.7 Å². The molecule has 0 heterocycles. The van der Waals surface area contributed by atoms with E-state index in [4.69, 9.17) is 4.74 Å². The summed E-state index contributed by atoms with van der Waals surface area (Å²) >= 11 is 0. The molecule has 0 aromatic heterocycles. The highest BCUT2D eigenvalue weighted by Crippen LogP contribution is 2.34. The van der Waals surface area contributed by atoms with Crippen molar-refractivity contribution >= 4 is 11.8 Å². The average molecular weight is 366 g/mol. The standard InChI is InChI=1S/C19H17F3O4/c1-3-14(23)8-12-4-5-15(10-17(12)18(24)25)26-16-7-11(2)6-13(9-16)19(20,21)22/h4-7,9-10H,3,8H2,1-2H3,(H,24,25). The molecule has 0 spiro atoms. The Bertz CT molecular complexity index is 841. The molecule has 7 heteroatoms. The highest BCUT2D eigenvalue weighted by Gasteiger charge is 2.31. The molecule has 0 saturated heterocycles. The van der Waals surface area contributed by atoms with E-state index in [0.29, 0.717) is 11.1 Å². The third-order valence-corrected chi connectivity index (χ3v) is 3.71. The van der Waals surface area contributed by atoms with Gasteiger partial charge in [0.05, 0.1) is 11.1 Å². The molecule has 0 fully saturated rings. The zero-order valence-corrected chi connectivity index (χ0v) is 14.2. The van der Waals surface area contributed by atoms with E-state index < -0.39 is 17.7 Å². The van der Waals surface area contributed by atoms with E-state index in [0.717, 1.165) is 12.1 Å². The van der Waals surface area contributed by atoms with Crippen LogP contribution in [0.2, 0.25) is 0 Å². The van der Waals surface area contributed by atoms with Crippen LogP contribution >= 0.6 is 0 Å². The van der Waals surface area contributed by atoms with Crippen LogP contribution in [0.5, 0.6) is 11.5 Å². The van der Waals surface area contributed by atoms with Crippen LogP contribution < -0.4 is 4.74 Å². The molecule has 0 unspecified atom stereocenters. The number of hydrogen-bond donors (Lipinski definition) is 1. The highest BCUT2D eigenvalue weighted by molar-refractivity contribution is 5.92. The molecule has 2 aromatic carbocycles. The number of hydrogen-bond acceptors (Lipinski definition) is 3. The molecule has 138 valence electrons. The van der Waals surface area contributed by atoms with Gasteiger partial charge < -0.3 is 9.84 Å². The molecule has 0 bridgehead atoms. The van der Waals surface area contributed by atoms with Gasteiger partial charge in [-0.1, -0.05) is 13.0 Å². The monoisotopic (exact) mass is 366 g/mol. The normalized spacial score (nSPS) is 11.3. The van der Waals surface area contributed by atoms with Crippen molar-refractivity contribution in [3.05, 3.63) is 58.7 Å². The predicted molar refractivity (Wildman–Crippen MR) is 88.7 cm³/mol. The molecule has 0 atom stereocenters. The first kappa shape index (κ1) is 19.5. The van der Waals surface area contributed by atoms with Crippen molar-refractivity contribution in [1.29, 1.82) is 0 Å². The minimum absolute atomic E-state index is 0.0267. The number of carboxylic acids is 1. The van der Waals surface area contributed by atoms with E-state index in [1.54, 1.807) is 6.92 Å². The Morgan fingerprint density at radius 3 is 2.35 bits per heavy atom. The lowest BCUT2D eigenvalue weighted by atomic mass is 10.0. The Morgan fingerprint density at radius 2 is 1.77 bits per heavy atom. The van der Waals surface area contributed by atoms with Gasteiger partial charge in [0.25, 0.3) is 0 Å². The van der Waals surface area contributed by atoms with E-state index in [2.05, 4.69) is 0 Å². The maximum absolute atomic E-state index is 12.9. The number of aromatic carboxylic acids is 1. The van der Waals surface area contributed by atoms with Gasteiger partial charge in [-0.25, -0.2) is 4.79 Å². The van der Waals surface area contributed by atoms with Crippen molar-refractivity contribution in [3.63, 3.8) is 0 Å². The Hall–Kier alpha value is -2.83. The number of carbonyl (C=O) groups is 2. The molecule has 0 amide bonds. The van der Waals surface area contributed by atoms with E-state index >= 15 is 0 Å². The minimum atomic E-state index is -4.51. The number of benzene rings is 2. The van der Waals surface area contributed by atoms with E-state index in [9.17, 15) is 27.9 Å². The number of carbonyl (C=O) groups excluding carboxylic acids is 1. The summed E-state index contributed by atoms with van der Waals surface area (Å²) in [7, 11) is 0. The predicted octanol–water partition coefficient (Wildman–Crippen LogP) is 5.03. The van der Waals surface area contributed by atoms with Gasteiger partial charge in [-0.3, -0.25) is 4.79 Å². The summed E-state index contributed by atoms with van der Waals surface area (Å²) in [6, 6.07) is 7.34. The van der Waals surface area contributed by atoms with E-state index in [1.165, 1.54) is 31.2 Å². The third-order valence-electron chi connectivity index (χ3n) is 3.71. The van der Waals surface area contributed by atoms with Gasteiger partial charge in [-0.05, 0) is 48.4 Å². The van der Waals surface area contributed by atoms with Crippen LogP contribution in [-0.4, -0.2) is 16.9 Å². The third kappa shape index (κ3) is 4.84. The summed E-state index contributed by atoms with van der Waals surface area (Å²) in [6.07, 6.45) is -4.26. The van der Waals surface area contributed by atoms with Gasteiger partial charge in [0.2, 0.25) is 0 Å². The second-order valence-electron chi connectivity index (χ2n) is 5.83. The highest BCUT2D eigenvalue weighted by atomic mass is 19.4. The Labute approximate surface area is 148 Å². The number of rotatable bonds is 6. The maximum atomic E-state index is 12.9.